The molecule has 6 aromatic rings. The SMILES string of the molecule is O=C(O)c1ccc(-c2c(C(=O)O)cccc2C2(c3cccc(C(=O)O)c3-c3ccc(C(=O)O)c(C(=O)O)c3)c3ccccc3-c3ccccc32)cc1C(=O)O. The second kappa shape index (κ2) is 13.3. The Morgan fingerprint density at radius 2 is 0.655 bits per heavy atom. The average molecular weight is 735 g/mol. The van der Waals surface area contributed by atoms with Crippen molar-refractivity contribution in [1.82, 2.24) is 0 Å². The minimum atomic E-state index is -1.63. The summed E-state index contributed by atoms with van der Waals surface area (Å²) < 4.78 is 0. The molecule has 6 aromatic carbocycles. The molecule has 270 valence electrons. The first kappa shape index (κ1) is 35.5. The summed E-state index contributed by atoms with van der Waals surface area (Å²) in [6.07, 6.45) is 0. The van der Waals surface area contributed by atoms with Crippen molar-refractivity contribution < 1.29 is 59.4 Å². The van der Waals surface area contributed by atoms with E-state index in [2.05, 4.69) is 0 Å². The van der Waals surface area contributed by atoms with Crippen LogP contribution < -0.4 is 0 Å². The summed E-state index contributed by atoms with van der Waals surface area (Å²) in [7, 11) is 0. The molecule has 55 heavy (non-hydrogen) atoms. The highest BCUT2D eigenvalue weighted by molar-refractivity contribution is 6.07. The van der Waals surface area contributed by atoms with Crippen LogP contribution in [0.3, 0.4) is 0 Å². The first-order valence-corrected chi connectivity index (χ1v) is 16.4. The molecule has 1 aliphatic carbocycles. The molecular formula is C43H26O12. The summed E-state index contributed by atoms with van der Waals surface area (Å²) in [5.74, 6) is -8.99. The fraction of sp³-hybridized carbons (Fsp3) is 0.0233. The van der Waals surface area contributed by atoms with Crippen molar-refractivity contribution in [2.75, 3.05) is 0 Å². The Morgan fingerprint density at radius 3 is 1.00 bits per heavy atom. The van der Waals surface area contributed by atoms with Gasteiger partial charge in [0.25, 0.3) is 0 Å². The van der Waals surface area contributed by atoms with Crippen LogP contribution in [0.2, 0.25) is 0 Å². The molecule has 0 amide bonds. The third kappa shape index (κ3) is 5.47. The molecule has 0 atom stereocenters. The van der Waals surface area contributed by atoms with Crippen LogP contribution >= 0.6 is 0 Å². The van der Waals surface area contributed by atoms with Gasteiger partial charge in [0.2, 0.25) is 0 Å². The molecule has 0 bridgehead atoms. The maximum Gasteiger partial charge on any atom is 0.336 e. The van der Waals surface area contributed by atoms with Gasteiger partial charge in [0.1, 0.15) is 0 Å². The minimum Gasteiger partial charge on any atom is -0.478 e. The predicted molar refractivity (Wildman–Crippen MR) is 196 cm³/mol. The molecule has 0 aliphatic heterocycles. The van der Waals surface area contributed by atoms with Crippen LogP contribution in [-0.4, -0.2) is 66.5 Å². The zero-order chi connectivity index (χ0) is 39.3. The number of carbonyl (C=O) groups is 6. The zero-order valence-corrected chi connectivity index (χ0v) is 28.2. The first-order chi connectivity index (χ1) is 26.3. The van der Waals surface area contributed by atoms with E-state index in [-0.39, 0.29) is 44.5 Å². The third-order valence-electron chi connectivity index (χ3n) is 9.89. The monoisotopic (exact) mass is 734 g/mol. The van der Waals surface area contributed by atoms with E-state index in [9.17, 15) is 59.4 Å². The molecule has 0 heterocycles. The Balaban J connectivity index is 1.73. The fourth-order valence-electron chi connectivity index (χ4n) is 7.79. The number of benzene rings is 6. The van der Waals surface area contributed by atoms with Gasteiger partial charge in [0.05, 0.1) is 38.8 Å². The van der Waals surface area contributed by atoms with Crippen molar-refractivity contribution >= 4 is 35.8 Å². The Kier molecular flexibility index (Phi) is 8.58. The van der Waals surface area contributed by atoms with Gasteiger partial charge in [-0.2, -0.15) is 0 Å². The van der Waals surface area contributed by atoms with Gasteiger partial charge in [-0.15, -0.1) is 0 Å². The summed E-state index contributed by atoms with van der Waals surface area (Å²) in [5, 5.41) is 61.1. The molecule has 7 rings (SSSR count). The van der Waals surface area contributed by atoms with Gasteiger partial charge in [-0.3, -0.25) is 0 Å². The number of carboxylic acid groups (broad SMARTS) is 6. The van der Waals surface area contributed by atoms with E-state index in [1.54, 1.807) is 48.5 Å². The van der Waals surface area contributed by atoms with Gasteiger partial charge in [-0.25, -0.2) is 28.8 Å². The molecule has 0 spiro atoms. The van der Waals surface area contributed by atoms with Crippen molar-refractivity contribution in [3.8, 4) is 33.4 Å². The summed E-state index contributed by atoms with van der Waals surface area (Å²) in [6.45, 7) is 0. The molecule has 12 heteroatoms. The highest BCUT2D eigenvalue weighted by atomic mass is 16.4. The maximum absolute atomic E-state index is 13.1. The Labute approximate surface area is 310 Å². The third-order valence-corrected chi connectivity index (χ3v) is 9.89. The average Bonchev–Trinajstić information content (AvgIpc) is 3.47. The lowest BCUT2D eigenvalue weighted by molar-refractivity contribution is 0.0651. The van der Waals surface area contributed by atoms with Gasteiger partial charge in [-0.1, -0.05) is 84.9 Å². The topological polar surface area (TPSA) is 224 Å². The van der Waals surface area contributed by atoms with Crippen molar-refractivity contribution in [2.24, 2.45) is 0 Å². The lowest BCUT2D eigenvalue weighted by Crippen LogP contribution is -2.31. The minimum absolute atomic E-state index is 0.0000677. The molecular weight excluding hydrogens is 708 g/mol. The lowest BCUT2D eigenvalue weighted by Gasteiger charge is -2.38. The summed E-state index contributed by atoms with van der Waals surface area (Å²) in [5.41, 5.74) is -1.42. The summed E-state index contributed by atoms with van der Waals surface area (Å²) in [4.78, 5) is 75.1. The van der Waals surface area contributed by atoms with E-state index >= 15 is 0 Å². The van der Waals surface area contributed by atoms with Crippen molar-refractivity contribution in [3.63, 3.8) is 0 Å². The van der Waals surface area contributed by atoms with Gasteiger partial charge in [0.15, 0.2) is 0 Å². The molecule has 0 saturated heterocycles. The van der Waals surface area contributed by atoms with Gasteiger partial charge < -0.3 is 30.6 Å². The van der Waals surface area contributed by atoms with Gasteiger partial charge in [-0.05, 0) is 80.9 Å². The van der Waals surface area contributed by atoms with Crippen LogP contribution in [0.1, 0.15) is 84.4 Å². The summed E-state index contributed by atoms with van der Waals surface area (Å²) >= 11 is 0. The quantitative estimate of drug-likeness (QED) is 0.0800. The molecule has 6 N–H and O–H groups in total. The van der Waals surface area contributed by atoms with E-state index in [0.717, 1.165) is 24.3 Å². The van der Waals surface area contributed by atoms with Crippen molar-refractivity contribution in [3.05, 3.63) is 177 Å². The number of hydrogen-bond donors (Lipinski definition) is 6. The zero-order valence-electron chi connectivity index (χ0n) is 28.2. The van der Waals surface area contributed by atoms with Crippen LogP contribution in [0, 0.1) is 0 Å². The van der Waals surface area contributed by atoms with E-state index < -0.39 is 63.5 Å². The molecule has 12 nitrogen and oxygen atoms in total. The number of aromatic carboxylic acids is 6. The predicted octanol–water partition coefficient (Wildman–Crippen LogP) is 7.57. The fourth-order valence-corrected chi connectivity index (χ4v) is 7.79. The molecule has 0 fully saturated rings. The van der Waals surface area contributed by atoms with Crippen LogP contribution in [0.25, 0.3) is 33.4 Å². The van der Waals surface area contributed by atoms with Crippen LogP contribution in [-0.2, 0) is 5.41 Å². The van der Waals surface area contributed by atoms with Gasteiger partial charge >= 0.3 is 35.8 Å². The van der Waals surface area contributed by atoms with E-state index in [0.29, 0.717) is 22.3 Å². The molecule has 0 unspecified atom stereocenters. The van der Waals surface area contributed by atoms with Crippen LogP contribution in [0.5, 0.6) is 0 Å². The Morgan fingerprint density at radius 1 is 0.327 bits per heavy atom. The standard InChI is InChI=1S/C43H26O12/c44-37(45)25-17-15-21(19-29(25)41(52)53)35-27(39(48)49)9-5-13-33(35)43(31-11-3-1-7-23(31)24-8-2-4-12-32(24)43)34-14-6-10-28(40(50)51)36(34)22-16-18-26(38(46)47)30(20-22)42(54)55/h1-20H,(H,44,45)(H,46,47)(H,48,49)(H,50,51)(H,52,53)(H,54,55). The second-order valence-corrected chi connectivity index (χ2v) is 12.6. The second-order valence-electron chi connectivity index (χ2n) is 12.6. The van der Waals surface area contributed by atoms with E-state index in [1.807, 2.05) is 12.1 Å². The lowest BCUT2D eigenvalue weighted by atomic mass is 9.63. The van der Waals surface area contributed by atoms with Crippen molar-refractivity contribution in [2.45, 2.75) is 5.41 Å². The smallest absolute Gasteiger partial charge is 0.336 e. The Bertz CT molecular complexity index is 2510. The van der Waals surface area contributed by atoms with E-state index in [4.69, 9.17) is 0 Å². The maximum atomic E-state index is 13.1. The van der Waals surface area contributed by atoms with Crippen LogP contribution in [0.4, 0.5) is 0 Å². The highest BCUT2D eigenvalue weighted by Gasteiger charge is 2.49. The molecule has 0 radical (unpaired) electrons. The summed E-state index contributed by atoms with van der Waals surface area (Å²) in [6, 6.07) is 30.1. The Hall–Kier alpha value is -7.86. The molecule has 1 aliphatic rings. The molecule has 0 aromatic heterocycles. The number of fused-ring (bicyclic) bond motifs is 3. The van der Waals surface area contributed by atoms with Gasteiger partial charge in [0, 0.05) is 11.1 Å². The largest absolute Gasteiger partial charge is 0.478 e. The molecule has 0 saturated carbocycles. The normalized spacial score (nSPS) is 12.3. The first-order valence-electron chi connectivity index (χ1n) is 16.4. The number of hydrogen-bond acceptors (Lipinski definition) is 6. The number of rotatable bonds is 10. The van der Waals surface area contributed by atoms with Crippen LogP contribution in [0.15, 0.2) is 121 Å². The van der Waals surface area contributed by atoms with E-state index in [1.165, 1.54) is 36.4 Å². The number of carboxylic acids is 6. The highest BCUT2D eigenvalue weighted by Crippen LogP contribution is 2.60. The van der Waals surface area contributed by atoms with Crippen molar-refractivity contribution in [1.29, 1.82) is 0 Å².